The van der Waals surface area contributed by atoms with E-state index < -0.39 is 0 Å². The van der Waals surface area contributed by atoms with Gasteiger partial charge in [0.15, 0.2) is 0 Å². The van der Waals surface area contributed by atoms with Gasteiger partial charge in [-0.2, -0.15) is 0 Å². The molecule has 2 amide bonds. The van der Waals surface area contributed by atoms with E-state index in [0.717, 1.165) is 4.47 Å². The summed E-state index contributed by atoms with van der Waals surface area (Å²) in [4.78, 5) is 25.9. The van der Waals surface area contributed by atoms with Crippen molar-refractivity contribution in [2.45, 2.75) is 33.2 Å². The van der Waals surface area contributed by atoms with E-state index in [4.69, 9.17) is 11.6 Å². The molecule has 1 N–H and O–H groups in total. The van der Waals surface area contributed by atoms with Crippen molar-refractivity contribution in [2.75, 3.05) is 13.1 Å². The lowest BCUT2D eigenvalue weighted by molar-refractivity contribution is -0.123. The molecule has 0 radical (unpaired) electrons. The highest BCUT2D eigenvalue weighted by Gasteiger charge is 2.22. The SMILES string of the molecule is CCN(CC(=O)NC(C)(C)C)C(=O)c1cc(Br)ccc1Cl. The topological polar surface area (TPSA) is 49.4 Å². The first-order valence-corrected chi connectivity index (χ1v) is 7.86. The van der Waals surface area contributed by atoms with Gasteiger partial charge in [-0.05, 0) is 45.9 Å². The van der Waals surface area contributed by atoms with Crippen LogP contribution in [0, 0.1) is 0 Å². The van der Waals surface area contributed by atoms with E-state index in [9.17, 15) is 9.59 Å². The zero-order chi connectivity index (χ0) is 16.2. The van der Waals surface area contributed by atoms with Crippen LogP contribution < -0.4 is 5.32 Å². The lowest BCUT2D eigenvalue weighted by Gasteiger charge is -2.25. The molecule has 0 aliphatic rings. The number of nitrogens with one attached hydrogen (secondary N) is 1. The summed E-state index contributed by atoms with van der Waals surface area (Å²) >= 11 is 9.38. The lowest BCUT2D eigenvalue weighted by atomic mass is 10.1. The van der Waals surface area contributed by atoms with E-state index in [2.05, 4.69) is 21.2 Å². The molecule has 0 saturated carbocycles. The normalized spacial score (nSPS) is 11.1. The van der Waals surface area contributed by atoms with Gasteiger partial charge in [0.05, 0.1) is 17.1 Å². The summed E-state index contributed by atoms with van der Waals surface area (Å²) in [5.41, 5.74) is 0.0592. The molecular formula is C15H20BrClN2O2. The minimum absolute atomic E-state index is 0.00937. The Labute approximate surface area is 139 Å². The van der Waals surface area contributed by atoms with Gasteiger partial charge in [0.1, 0.15) is 0 Å². The Morgan fingerprint density at radius 3 is 2.48 bits per heavy atom. The maximum atomic E-state index is 12.5. The molecule has 0 fully saturated rings. The van der Waals surface area contributed by atoms with Crippen LogP contribution in [0.15, 0.2) is 22.7 Å². The quantitative estimate of drug-likeness (QED) is 0.876. The number of rotatable bonds is 4. The van der Waals surface area contributed by atoms with Gasteiger partial charge in [-0.1, -0.05) is 27.5 Å². The average Bonchev–Trinajstić information content (AvgIpc) is 2.36. The molecule has 0 atom stereocenters. The van der Waals surface area contributed by atoms with Gasteiger partial charge in [-0.3, -0.25) is 9.59 Å². The van der Waals surface area contributed by atoms with Crippen molar-refractivity contribution < 1.29 is 9.59 Å². The molecule has 116 valence electrons. The van der Waals surface area contributed by atoms with E-state index in [1.807, 2.05) is 27.7 Å². The first-order valence-electron chi connectivity index (χ1n) is 6.69. The van der Waals surface area contributed by atoms with E-state index in [-0.39, 0.29) is 23.9 Å². The molecule has 0 aliphatic carbocycles. The van der Waals surface area contributed by atoms with Crippen molar-refractivity contribution in [1.82, 2.24) is 10.2 Å². The highest BCUT2D eigenvalue weighted by Crippen LogP contribution is 2.22. The second kappa shape index (κ2) is 7.27. The van der Waals surface area contributed by atoms with Crippen LogP contribution in [-0.2, 0) is 4.79 Å². The fraction of sp³-hybridized carbons (Fsp3) is 0.467. The fourth-order valence-electron chi connectivity index (χ4n) is 1.79. The van der Waals surface area contributed by atoms with Gasteiger partial charge in [0.2, 0.25) is 5.91 Å². The number of hydrogen-bond donors (Lipinski definition) is 1. The average molecular weight is 376 g/mol. The van der Waals surface area contributed by atoms with Crippen molar-refractivity contribution >= 4 is 39.3 Å². The second-order valence-electron chi connectivity index (χ2n) is 5.74. The zero-order valence-electron chi connectivity index (χ0n) is 12.7. The number of carbonyl (C=O) groups excluding carboxylic acids is 2. The molecule has 1 aromatic rings. The molecule has 0 bridgehead atoms. The van der Waals surface area contributed by atoms with Gasteiger partial charge >= 0.3 is 0 Å². The fourth-order valence-corrected chi connectivity index (χ4v) is 2.35. The zero-order valence-corrected chi connectivity index (χ0v) is 15.0. The third kappa shape index (κ3) is 5.67. The molecule has 4 nitrogen and oxygen atoms in total. The maximum absolute atomic E-state index is 12.5. The van der Waals surface area contributed by atoms with E-state index >= 15 is 0 Å². The lowest BCUT2D eigenvalue weighted by Crippen LogP contribution is -2.47. The summed E-state index contributed by atoms with van der Waals surface area (Å²) in [5.74, 6) is -0.448. The predicted octanol–water partition coefficient (Wildman–Crippen LogP) is 3.48. The van der Waals surface area contributed by atoms with Gasteiger partial charge in [-0.15, -0.1) is 0 Å². The first kappa shape index (κ1) is 18.0. The van der Waals surface area contributed by atoms with Crippen LogP contribution in [0.3, 0.4) is 0 Å². The van der Waals surface area contributed by atoms with Crippen LogP contribution in [0.1, 0.15) is 38.1 Å². The standard InChI is InChI=1S/C15H20BrClN2O2/c1-5-19(9-13(20)18-15(2,3)4)14(21)11-8-10(16)6-7-12(11)17/h6-8H,5,9H2,1-4H3,(H,18,20). The minimum Gasteiger partial charge on any atom is -0.350 e. The van der Waals surface area contributed by atoms with Crippen LogP contribution in [0.4, 0.5) is 0 Å². The predicted molar refractivity (Wildman–Crippen MR) is 88.6 cm³/mol. The Morgan fingerprint density at radius 2 is 1.95 bits per heavy atom. The Morgan fingerprint density at radius 1 is 1.33 bits per heavy atom. The van der Waals surface area contributed by atoms with Crippen LogP contribution in [-0.4, -0.2) is 35.3 Å². The Hall–Kier alpha value is -1.07. The van der Waals surface area contributed by atoms with Crippen LogP contribution in [0.2, 0.25) is 5.02 Å². The van der Waals surface area contributed by atoms with Crippen molar-refractivity contribution in [3.63, 3.8) is 0 Å². The second-order valence-corrected chi connectivity index (χ2v) is 7.06. The molecule has 21 heavy (non-hydrogen) atoms. The summed E-state index contributed by atoms with van der Waals surface area (Å²) in [6.07, 6.45) is 0. The molecule has 1 aromatic carbocycles. The Kier molecular flexibility index (Phi) is 6.23. The van der Waals surface area contributed by atoms with Crippen molar-refractivity contribution in [1.29, 1.82) is 0 Å². The molecule has 0 saturated heterocycles. The van der Waals surface area contributed by atoms with Crippen molar-refractivity contribution in [3.05, 3.63) is 33.3 Å². The van der Waals surface area contributed by atoms with Gasteiger partial charge in [-0.25, -0.2) is 0 Å². The molecule has 0 aromatic heterocycles. The van der Waals surface area contributed by atoms with E-state index in [1.165, 1.54) is 4.90 Å². The smallest absolute Gasteiger partial charge is 0.255 e. The molecular weight excluding hydrogens is 356 g/mol. The number of carbonyl (C=O) groups is 2. The number of halogens is 2. The third-order valence-corrected chi connectivity index (χ3v) is 3.50. The van der Waals surface area contributed by atoms with Gasteiger partial charge < -0.3 is 10.2 Å². The number of amides is 2. The van der Waals surface area contributed by atoms with Gasteiger partial charge in [0.25, 0.3) is 5.91 Å². The van der Waals surface area contributed by atoms with Crippen LogP contribution in [0.5, 0.6) is 0 Å². The van der Waals surface area contributed by atoms with Crippen LogP contribution in [0.25, 0.3) is 0 Å². The Balaban J connectivity index is 2.87. The minimum atomic E-state index is -0.326. The number of nitrogens with zero attached hydrogens (tertiary/aromatic N) is 1. The van der Waals surface area contributed by atoms with E-state index in [0.29, 0.717) is 17.1 Å². The monoisotopic (exact) mass is 374 g/mol. The molecule has 0 heterocycles. The number of likely N-dealkylation sites (N-methyl/N-ethyl adjacent to an activating group) is 1. The summed E-state index contributed by atoms with van der Waals surface area (Å²) in [7, 11) is 0. The number of benzene rings is 1. The van der Waals surface area contributed by atoms with Gasteiger partial charge in [0, 0.05) is 16.6 Å². The summed E-state index contributed by atoms with van der Waals surface area (Å²) < 4.78 is 0.769. The molecule has 1 rings (SSSR count). The molecule has 0 spiro atoms. The number of hydrogen-bond acceptors (Lipinski definition) is 2. The summed E-state index contributed by atoms with van der Waals surface area (Å²) in [6.45, 7) is 7.96. The highest BCUT2D eigenvalue weighted by molar-refractivity contribution is 9.10. The first-order chi connectivity index (χ1) is 9.64. The van der Waals surface area contributed by atoms with Crippen LogP contribution >= 0.6 is 27.5 Å². The third-order valence-electron chi connectivity index (χ3n) is 2.68. The van der Waals surface area contributed by atoms with E-state index in [1.54, 1.807) is 18.2 Å². The van der Waals surface area contributed by atoms with Crippen molar-refractivity contribution in [3.8, 4) is 0 Å². The van der Waals surface area contributed by atoms with Crippen molar-refractivity contribution in [2.24, 2.45) is 0 Å². The molecule has 0 unspecified atom stereocenters. The Bertz CT molecular complexity index is 541. The molecule has 6 heteroatoms. The summed E-state index contributed by atoms with van der Waals surface area (Å²) in [5, 5.41) is 3.21. The summed E-state index contributed by atoms with van der Waals surface area (Å²) in [6, 6.07) is 5.08. The largest absolute Gasteiger partial charge is 0.350 e. The highest BCUT2D eigenvalue weighted by atomic mass is 79.9. The molecule has 0 aliphatic heterocycles. The maximum Gasteiger partial charge on any atom is 0.255 e.